The van der Waals surface area contributed by atoms with Gasteiger partial charge in [0.1, 0.15) is 11.8 Å². The van der Waals surface area contributed by atoms with Crippen molar-refractivity contribution < 1.29 is 19.8 Å². The first kappa shape index (κ1) is 13.2. The number of carboxylic acid groups (broad SMARTS) is 1. The molecule has 1 aliphatic rings. The molecule has 1 atom stereocenters. The second-order valence-electron chi connectivity index (χ2n) is 4.55. The Morgan fingerprint density at radius 2 is 1.95 bits per heavy atom. The minimum atomic E-state index is -0.968. The van der Waals surface area contributed by atoms with Crippen LogP contribution in [0, 0.1) is 0 Å². The van der Waals surface area contributed by atoms with Crippen molar-refractivity contribution in [2.24, 2.45) is 0 Å². The second kappa shape index (κ2) is 5.17. The van der Waals surface area contributed by atoms with Gasteiger partial charge in [0.25, 0.3) is 0 Å². The van der Waals surface area contributed by atoms with E-state index in [1.54, 1.807) is 19.2 Å². The van der Waals surface area contributed by atoms with Crippen molar-refractivity contribution >= 4 is 17.7 Å². The topological polar surface area (TPSA) is 81.1 Å². The number of rotatable bonds is 2. The van der Waals surface area contributed by atoms with Crippen molar-refractivity contribution in [2.45, 2.75) is 18.9 Å². The number of nitrogens with zero attached hydrogens (tertiary/aromatic N) is 2. The summed E-state index contributed by atoms with van der Waals surface area (Å²) < 4.78 is 0. The van der Waals surface area contributed by atoms with E-state index in [-0.39, 0.29) is 11.8 Å². The molecule has 1 aromatic carbocycles. The second-order valence-corrected chi connectivity index (χ2v) is 4.55. The third-order valence-corrected chi connectivity index (χ3v) is 3.31. The van der Waals surface area contributed by atoms with Gasteiger partial charge in [-0.05, 0) is 37.1 Å². The number of carbonyl (C=O) groups excluding carboxylic acids is 1. The zero-order chi connectivity index (χ0) is 14.0. The predicted octanol–water partition coefficient (Wildman–Crippen LogP) is 1.50. The smallest absolute Gasteiger partial charge is 0.326 e. The number of amides is 2. The average Bonchev–Trinajstić information content (AvgIpc) is 2.87. The highest BCUT2D eigenvalue weighted by molar-refractivity contribution is 5.94. The van der Waals surface area contributed by atoms with Crippen molar-refractivity contribution in [2.75, 3.05) is 18.5 Å². The van der Waals surface area contributed by atoms with Crippen molar-refractivity contribution in [3.8, 4) is 5.75 Å². The number of benzene rings is 1. The molecule has 6 heteroatoms. The molecule has 0 bridgehead atoms. The molecule has 1 aromatic rings. The van der Waals surface area contributed by atoms with Crippen LogP contribution < -0.4 is 4.90 Å². The normalized spacial score (nSPS) is 18.4. The molecule has 0 aromatic heterocycles. The summed E-state index contributed by atoms with van der Waals surface area (Å²) in [6.45, 7) is 0.457. The Hall–Kier alpha value is -2.24. The molecule has 0 radical (unpaired) electrons. The summed E-state index contributed by atoms with van der Waals surface area (Å²) in [5.41, 5.74) is 0.610. The van der Waals surface area contributed by atoms with Gasteiger partial charge < -0.3 is 15.1 Å². The Morgan fingerprint density at radius 1 is 1.32 bits per heavy atom. The van der Waals surface area contributed by atoms with Gasteiger partial charge in [-0.1, -0.05) is 0 Å². The number of carbonyl (C=O) groups is 2. The molecule has 1 aliphatic heterocycles. The molecule has 1 heterocycles. The third kappa shape index (κ3) is 2.62. The van der Waals surface area contributed by atoms with Gasteiger partial charge in [0.05, 0.1) is 0 Å². The highest BCUT2D eigenvalue weighted by Crippen LogP contribution is 2.23. The monoisotopic (exact) mass is 264 g/mol. The number of likely N-dealkylation sites (tertiary alicyclic amines) is 1. The lowest BCUT2D eigenvalue weighted by atomic mass is 10.2. The minimum Gasteiger partial charge on any atom is -0.508 e. The molecule has 1 saturated heterocycles. The van der Waals surface area contributed by atoms with E-state index in [1.807, 2.05) is 0 Å². The van der Waals surface area contributed by atoms with Crippen LogP contribution in [-0.4, -0.2) is 46.7 Å². The molecule has 2 N–H and O–H groups in total. The van der Waals surface area contributed by atoms with Crippen LogP contribution in [0.2, 0.25) is 0 Å². The van der Waals surface area contributed by atoms with Crippen LogP contribution in [0.25, 0.3) is 0 Å². The molecule has 0 aliphatic carbocycles. The van der Waals surface area contributed by atoms with Crippen molar-refractivity contribution in [1.29, 1.82) is 0 Å². The maximum absolute atomic E-state index is 12.3. The highest BCUT2D eigenvalue weighted by atomic mass is 16.4. The molecule has 2 rings (SSSR count). The largest absolute Gasteiger partial charge is 0.508 e. The fourth-order valence-electron chi connectivity index (χ4n) is 2.23. The van der Waals surface area contributed by atoms with Crippen LogP contribution in [0.4, 0.5) is 10.5 Å². The van der Waals surface area contributed by atoms with E-state index in [0.29, 0.717) is 25.1 Å². The molecule has 102 valence electrons. The van der Waals surface area contributed by atoms with Crippen molar-refractivity contribution in [3.05, 3.63) is 24.3 Å². The van der Waals surface area contributed by atoms with Gasteiger partial charge in [-0.2, -0.15) is 0 Å². The number of phenols is 1. The van der Waals surface area contributed by atoms with E-state index in [0.717, 1.165) is 0 Å². The number of anilines is 1. The number of hydrogen-bond acceptors (Lipinski definition) is 3. The third-order valence-electron chi connectivity index (χ3n) is 3.31. The molecule has 0 spiro atoms. The summed E-state index contributed by atoms with van der Waals surface area (Å²) >= 11 is 0. The zero-order valence-corrected chi connectivity index (χ0v) is 10.6. The lowest BCUT2D eigenvalue weighted by molar-refractivity contribution is -0.141. The molecule has 1 fully saturated rings. The Morgan fingerprint density at radius 3 is 2.53 bits per heavy atom. The lowest BCUT2D eigenvalue weighted by Gasteiger charge is -2.27. The zero-order valence-electron chi connectivity index (χ0n) is 10.6. The van der Waals surface area contributed by atoms with E-state index < -0.39 is 12.0 Å². The summed E-state index contributed by atoms with van der Waals surface area (Å²) in [4.78, 5) is 26.1. The van der Waals surface area contributed by atoms with E-state index in [2.05, 4.69) is 0 Å². The van der Waals surface area contributed by atoms with Gasteiger partial charge in [0.15, 0.2) is 0 Å². The molecule has 0 unspecified atom stereocenters. The maximum atomic E-state index is 12.3. The standard InChI is InChI=1S/C13H16N2O4/c1-14(9-4-6-10(16)7-5-9)13(19)15-8-2-3-11(15)12(17)18/h4-7,11,16H,2-3,8H2,1H3,(H,17,18)/t11-/m1/s1. The van der Waals surface area contributed by atoms with E-state index in [4.69, 9.17) is 5.11 Å². The molecule has 0 saturated carbocycles. The fraction of sp³-hybridized carbons (Fsp3) is 0.385. The van der Waals surface area contributed by atoms with Crippen LogP contribution >= 0.6 is 0 Å². The molecule has 19 heavy (non-hydrogen) atoms. The van der Waals surface area contributed by atoms with Gasteiger partial charge in [0.2, 0.25) is 0 Å². The first-order valence-corrected chi connectivity index (χ1v) is 6.07. The summed E-state index contributed by atoms with van der Waals surface area (Å²) in [5.74, 6) is -0.848. The van der Waals surface area contributed by atoms with Gasteiger partial charge in [-0.3, -0.25) is 4.90 Å². The van der Waals surface area contributed by atoms with Gasteiger partial charge in [-0.15, -0.1) is 0 Å². The minimum absolute atomic E-state index is 0.120. The fourth-order valence-corrected chi connectivity index (χ4v) is 2.23. The van der Waals surface area contributed by atoms with Crippen LogP contribution in [0.1, 0.15) is 12.8 Å². The van der Waals surface area contributed by atoms with E-state index in [1.165, 1.54) is 21.9 Å². The van der Waals surface area contributed by atoms with E-state index >= 15 is 0 Å². The van der Waals surface area contributed by atoms with Crippen molar-refractivity contribution in [1.82, 2.24) is 4.90 Å². The van der Waals surface area contributed by atoms with Gasteiger partial charge in [0, 0.05) is 19.3 Å². The number of hydrogen-bond donors (Lipinski definition) is 2. The number of carboxylic acids is 1. The quantitative estimate of drug-likeness (QED) is 0.848. The summed E-state index contributed by atoms with van der Waals surface area (Å²) in [6, 6.07) is 5.11. The van der Waals surface area contributed by atoms with Gasteiger partial charge >= 0.3 is 12.0 Å². The Kier molecular flexibility index (Phi) is 3.59. The van der Waals surface area contributed by atoms with Crippen LogP contribution in [0.15, 0.2) is 24.3 Å². The van der Waals surface area contributed by atoms with E-state index in [9.17, 15) is 14.7 Å². The maximum Gasteiger partial charge on any atom is 0.326 e. The Balaban J connectivity index is 2.14. The number of aliphatic carboxylic acids is 1. The number of urea groups is 1. The number of aromatic hydroxyl groups is 1. The SMILES string of the molecule is CN(C(=O)N1CCC[C@@H]1C(=O)O)c1ccc(O)cc1. The average molecular weight is 264 g/mol. The molecule has 6 nitrogen and oxygen atoms in total. The summed E-state index contributed by atoms with van der Waals surface area (Å²) in [5, 5.41) is 18.3. The first-order chi connectivity index (χ1) is 9.00. The predicted molar refractivity (Wildman–Crippen MR) is 69.3 cm³/mol. The van der Waals surface area contributed by atoms with Gasteiger partial charge in [-0.25, -0.2) is 9.59 Å². The van der Waals surface area contributed by atoms with Crippen LogP contribution in [0.3, 0.4) is 0 Å². The van der Waals surface area contributed by atoms with Crippen LogP contribution in [0.5, 0.6) is 5.75 Å². The molecule has 2 amide bonds. The highest BCUT2D eigenvalue weighted by Gasteiger charge is 2.35. The molecular formula is C13H16N2O4. The number of phenolic OH excluding ortho intramolecular Hbond substituents is 1. The van der Waals surface area contributed by atoms with Crippen LogP contribution in [-0.2, 0) is 4.79 Å². The Bertz CT molecular complexity index is 486. The summed E-state index contributed by atoms with van der Waals surface area (Å²) in [7, 11) is 1.59. The lowest BCUT2D eigenvalue weighted by Crippen LogP contribution is -2.46. The molecular weight excluding hydrogens is 248 g/mol. The van der Waals surface area contributed by atoms with Crippen molar-refractivity contribution in [3.63, 3.8) is 0 Å². The first-order valence-electron chi connectivity index (χ1n) is 6.07. The summed E-state index contributed by atoms with van der Waals surface area (Å²) in [6.07, 6.45) is 1.19. The Labute approximate surface area is 110 Å².